The molecule has 0 aliphatic rings. The fourth-order valence-electron chi connectivity index (χ4n) is 1.43. The lowest BCUT2D eigenvalue weighted by molar-refractivity contribution is 0.296. The van der Waals surface area contributed by atoms with Crippen molar-refractivity contribution in [3.05, 3.63) is 27.7 Å². The second-order valence-corrected chi connectivity index (χ2v) is 4.25. The molecule has 0 atom stereocenters. The standard InChI is InChI=1S/C11H16Cl2N2/c1-3-15(4-2)7-8-5-9(12)11(14)10(13)6-8/h5-6H,3-4,7,14H2,1-2H3. The number of halogens is 2. The van der Waals surface area contributed by atoms with Crippen molar-refractivity contribution in [2.75, 3.05) is 18.8 Å². The predicted octanol–water partition coefficient (Wildman–Crippen LogP) is 3.42. The highest BCUT2D eigenvalue weighted by Crippen LogP contribution is 2.29. The summed E-state index contributed by atoms with van der Waals surface area (Å²) in [5, 5.41) is 1.06. The van der Waals surface area contributed by atoms with E-state index in [4.69, 9.17) is 28.9 Å². The molecule has 0 radical (unpaired) electrons. The normalized spacial score (nSPS) is 11.0. The molecule has 0 saturated carbocycles. The smallest absolute Gasteiger partial charge is 0.0693 e. The summed E-state index contributed by atoms with van der Waals surface area (Å²) in [6, 6.07) is 3.75. The van der Waals surface area contributed by atoms with E-state index < -0.39 is 0 Å². The Morgan fingerprint density at radius 3 is 2.00 bits per heavy atom. The van der Waals surface area contributed by atoms with Crippen LogP contribution < -0.4 is 5.73 Å². The molecule has 0 saturated heterocycles. The zero-order valence-corrected chi connectivity index (χ0v) is 10.6. The van der Waals surface area contributed by atoms with E-state index in [-0.39, 0.29) is 0 Å². The monoisotopic (exact) mass is 246 g/mol. The van der Waals surface area contributed by atoms with E-state index in [2.05, 4.69) is 18.7 Å². The Morgan fingerprint density at radius 1 is 1.13 bits per heavy atom. The summed E-state index contributed by atoms with van der Waals surface area (Å²) in [4.78, 5) is 2.29. The molecule has 1 rings (SSSR count). The Kier molecular flexibility index (Phi) is 4.71. The molecule has 15 heavy (non-hydrogen) atoms. The van der Waals surface area contributed by atoms with Gasteiger partial charge in [0.2, 0.25) is 0 Å². The average molecular weight is 247 g/mol. The summed E-state index contributed by atoms with van der Waals surface area (Å²) < 4.78 is 0. The lowest BCUT2D eigenvalue weighted by atomic mass is 10.2. The summed E-state index contributed by atoms with van der Waals surface area (Å²) in [6.07, 6.45) is 0. The molecule has 0 bridgehead atoms. The fourth-order valence-corrected chi connectivity index (χ4v) is 1.97. The summed E-state index contributed by atoms with van der Waals surface area (Å²) in [5.41, 5.74) is 7.23. The van der Waals surface area contributed by atoms with E-state index in [0.717, 1.165) is 25.2 Å². The lowest BCUT2D eigenvalue weighted by Crippen LogP contribution is -2.22. The molecule has 2 N–H and O–H groups in total. The average Bonchev–Trinajstić information content (AvgIpc) is 2.22. The Hall–Kier alpha value is -0.440. The SMILES string of the molecule is CCN(CC)Cc1cc(Cl)c(N)c(Cl)c1. The maximum Gasteiger partial charge on any atom is 0.0693 e. The third-order valence-corrected chi connectivity index (χ3v) is 3.06. The molecule has 4 heteroatoms. The van der Waals surface area contributed by atoms with Crippen molar-refractivity contribution in [1.29, 1.82) is 0 Å². The molecule has 2 nitrogen and oxygen atoms in total. The molecule has 84 valence electrons. The maximum atomic E-state index is 5.96. The maximum absolute atomic E-state index is 5.96. The molecule has 0 aliphatic heterocycles. The topological polar surface area (TPSA) is 29.3 Å². The number of nitrogens with zero attached hydrogens (tertiary/aromatic N) is 1. The number of anilines is 1. The molecule has 0 aromatic heterocycles. The van der Waals surface area contributed by atoms with Crippen LogP contribution >= 0.6 is 23.2 Å². The van der Waals surface area contributed by atoms with Crippen LogP contribution in [0, 0.1) is 0 Å². The molecular formula is C11H16Cl2N2. The van der Waals surface area contributed by atoms with E-state index in [0.29, 0.717) is 15.7 Å². The minimum Gasteiger partial charge on any atom is -0.396 e. The fraction of sp³-hybridized carbons (Fsp3) is 0.455. The van der Waals surface area contributed by atoms with E-state index in [1.54, 1.807) is 0 Å². The zero-order valence-electron chi connectivity index (χ0n) is 9.06. The molecule has 0 unspecified atom stereocenters. The lowest BCUT2D eigenvalue weighted by Gasteiger charge is -2.18. The van der Waals surface area contributed by atoms with Crippen molar-refractivity contribution in [2.24, 2.45) is 0 Å². The Bertz CT molecular complexity index is 312. The van der Waals surface area contributed by atoms with Crippen LogP contribution in [0.3, 0.4) is 0 Å². The highest BCUT2D eigenvalue weighted by atomic mass is 35.5. The van der Waals surface area contributed by atoms with Crippen molar-refractivity contribution in [1.82, 2.24) is 4.90 Å². The van der Waals surface area contributed by atoms with E-state index in [9.17, 15) is 0 Å². The van der Waals surface area contributed by atoms with Crippen molar-refractivity contribution < 1.29 is 0 Å². The van der Waals surface area contributed by atoms with Gasteiger partial charge in [0.25, 0.3) is 0 Å². The van der Waals surface area contributed by atoms with Gasteiger partial charge in [0, 0.05) is 6.54 Å². The second-order valence-electron chi connectivity index (χ2n) is 3.43. The van der Waals surface area contributed by atoms with Gasteiger partial charge in [0.1, 0.15) is 0 Å². The van der Waals surface area contributed by atoms with Crippen LogP contribution in [-0.2, 0) is 6.54 Å². The van der Waals surface area contributed by atoms with Crippen LogP contribution in [0.5, 0.6) is 0 Å². The first kappa shape index (κ1) is 12.6. The number of hydrogen-bond acceptors (Lipinski definition) is 2. The first-order chi connectivity index (χ1) is 7.08. The minimum atomic E-state index is 0.460. The van der Waals surface area contributed by atoms with E-state index in [1.165, 1.54) is 0 Å². The van der Waals surface area contributed by atoms with Crippen molar-refractivity contribution in [3.8, 4) is 0 Å². The van der Waals surface area contributed by atoms with Crippen LogP contribution in [0.2, 0.25) is 10.0 Å². The Morgan fingerprint density at radius 2 is 1.60 bits per heavy atom. The number of benzene rings is 1. The molecule has 0 amide bonds. The highest BCUT2D eigenvalue weighted by Gasteiger charge is 2.07. The van der Waals surface area contributed by atoms with Gasteiger partial charge in [-0.05, 0) is 30.8 Å². The van der Waals surface area contributed by atoms with Crippen molar-refractivity contribution in [2.45, 2.75) is 20.4 Å². The van der Waals surface area contributed by atoms with Crippen molar-refractivity contribution >= 4 is 28.9 Å². The Balaban J connectivity index is 2.87. The molecule has 0 spiro atoms. The first-order valence-electron chi connectivity index (χ1n) is 5.04. The zero-order chi connectivity index (χ0) is 11.4. The van der Waals surface area contributed by atoms with E-state index >= 15 is 0 Å². The number of nitrogen functional groups attached to an aromatic ring is 1. The molecule has 0 heterocycles. The summed E-state index contributed by atoms with van der Waals surface area (Å²) >= 11 is 11.9. The summed E-state index contributed by atoms with van der Waals surface area (Å²) in [7, 11) is 0. The quantitative estimate of drug-likeness (QED) is 0.826. The third-order valence-electron chi connectivity index (χ3n) is 2.44. The largest absolute Gasteiger partial charge is 0.396 e. The van der Waals surface area contributed by atoms with Crippen LogP contribution in [-0.4, -0.2) is 18.0 Å². The van der Waals surface area contributed by atoms with Gasteiger partial charge < -0.3 is 5.73 Å². The van der Waals surface area contributed by atoms with Crippen LogP contribution in [0.15, 0.2) is 12.1 Å². The van der Waals surface area contributed by atoms with Crippen LogP contribution in [0.25, 0.3) is 0 Å². The van der Waals surface area contributed by atoms with Gasteiger partial charge in [-0.1, -0.05) is 37.0 Å². The van der Waals surface area contributed by atoms with Gasteiger partial charge in [-0.15, -0.1) is 0 Å². The van der Waals surface area contributed by atoms with Gasteiger partial charge >= 0.3 is 0 Å². The molecular weight excluding hydrogens is 231 g/mol. The van der Waals surface area contributed by atoms with Crippen molar-refractivity contribution in [3.63, 3.8) is 0 Å². The minimum absolute atomic E-state index is 0.460. The molecule has 0 fully saturated rings. The first-order valence-corrected chi connectivity index (χ1v) is 5.79. The van der Waals surface area contributed by atoms with E-state index in [1.807, 2.05) is 12.1 Å². The molecule has 0 aliphatic carbocycles. The van der Waals surface area contributed by atoms with Crippen LogP contribution in [0.1, 0.15) is 19.4 Å². The highest BCUT2D eigenvalue weighted by molar-refractivity contribution is 6.38. The van der Waals surface area contributed by atoms with Gasteiger partial charge in [0.15, 0.2) is 0 Å². The number of nitrogens with two attached hydrogens (primary N) is 1. The third kappa shape index (κ3) is 3.26. The van der Waals surface area contributed by atoms with Gasteiger partial charge in [0.05, 0.1) is 15.7 Å². The van der Waals surface area contributed by atoms with Gasteiger partial charge in [-0.2, -0.15) is 0 Å². The predicted molar refractivity (Wildman–Crippen MR) is 67.5 cm³/mol. The van der Waals surface area contributed by atoms with Crippen LogP contribution in [0.4, 0.5) is 5.69 Å². The summed E-state index contributed by atoms with van der Waals surface area (Å²) in [5.74, 6) is 0. The van der Waals surface area contributed by atoms with Gasteiger partial charge in [-0.25, -0.2) is 0 Å². The number of hydrogen-bond donors (Lipinski definition) is 1. The summed E-state index contributed by atoms with van der Waals surface area (Å²) in [6.45, 7) is 7.13. The molecule has 1 aromatic rings. The Labute approximate surface area is 101 Å². The molecule has 1 aromatic carbocycles. The number of rotatable bonds is 4. The van der Waals surface area contributed by atoms with Gasteiger partial charge in [-0.3, -0.25) is 4.90 Å². The second kappa shape index (κ2) is 5.59.